The number of nitrogens with two attached hydrogens (primary N) is 1. The summed E-state index contributed by atoms with van der Waals surface area (Å²) in [5.74, 6) is -0.234. The van der Waals surface area contributed by atoms with Crippen LogP contribution in [0.4, 0.5) is 0 Å². The number of amides is 1. The van der Waals surface area contributed by atoms with Crippen LogP contribution >= 0.6 is 0 Å². The van der Waals surface area contributed by atoms with Crippen molar-refractivity contribution in [3.05, 3.63) is 0 Å². The molecule has 2 atom stereocenters. The van der Waals surface area contributed by atoms with Gasteiger partial charge in [-0.25, -0.2) is 0 Å². The molecule has 0 fully saturated rings. The Morgan fingerprint density at radius 1 is 1.20 bits per heavy atom. The number of Topliss-reactive ketones (excluding diaryl/α,β-unsaturated/α-hetero) is 2. The second-order valence-corrected chi connectivity index (χ2v) is 5.71. The van der Waals surface area contributed by atoms with E-state index in [4.69, 9.17) is 5.73 Å². The first-order valence-corrected chi connectivity index (χ1v) is 7.34. The van der Waals surface area contributed by atoms with Crippen molar-refractivity contribution in [3.8, 4) is 0 Å². The molecule has 0 radical (unpaired) electrons. The lowest BCUT2D eigenvalue weighted by molar-refractivity contribution is -0.130. The molecule has 0 unspecified atom stereocenters. The van der Waals surface area contributed by atoms with Gasteiger partial charge in [-0.1, -0.05) is 20.8 Å². The van der Waals surface area contributed by atoms with E-state index in [0.29, 0.717) is 18.8 Å². The lowest BCUT2D eigenvalue weighted by atomic mass is 9.88. The molecule has 3 N–H and O–H groups in total. The van der Waals surface area contributed by atoms with Gasteiger partial charge in [-0.2, -0.15) is 0 Å². The number of carbonyl (C=O) groups is 3. The Labute approximate surface area is 121 Å². The van der Waals surface area contributed by atoms with Gasteiger partial charge in [0.15, 0.2) is 5.78 Å². The van der Waals surface area contributed by atoms with Gasteiger partial charge in [0.25, 0.3) is 0 Å². The molecular weight excluding hydrogens is 256 g/mol. The predicted octanol–water partition coefficient (Wildman–Crippen LogP) is 1.44. The van der Waals surface area contributed by atoms with Gasteiger partial charge in [-0.15, -0.1) is 0 Å². The first-order valence-electron chi connectivity index (χ1n) is 7.34. The number of hydrogen-bond donors (Lipinski definition) is 2. The SMILES string of the molecule is CCCC(=O)N[C@@H](CN)C(=O)C[C@@H](CC(C)C)C(C)=O. The third-order valence-corrected chi connectivity index (χ3v) is 3.22. The Morgan fingerprint density at radius 2 is 1.80 bits per heavy atom. The molecule has 116 valence electrons. The zero-order chi connectivity index (χ0) is 15.7. The van der Waals surface area contributed by atoms with E-state index < -0.39 is 6.04 Å². The molecule has 0 aromatic heterocycles. The molecule has 1 amide bonds. The Hall–Kier alpha value is -1.23. The van der Waals surface area contributed by atoms with Gasteiger partial charge in [0, 0.05) is 25.3 Å². The average molecular weight is 284 g/mol. The van der Waals surface area contributed by atoms with Crippen LogP contribution in [-0.2, 0) is 14.4 Å². The van der Waals surface area contributed by atoms with Gasteiger partial charge < -0.3 is 11.1 Å². The van der Waals surface area contributed by atoms with E-state index in [2.05, 4.69) is 5.32 Å². The van der Waals surface area contributed by atoms with Crippen LogP contribution in [0.25, 0.3) is 0 Å². The third kappa shape index (κ3) is 7.38. The van der Waals surface area contributed by atoms with E-state index in [1.54, 1.807) is 0 Å². The minimum atomic E-state index is -0.678. The fourth-order valence-electron chi connectivity index (χ4n) is 2.11. The van der Waals surface area contributed by atoms with E-state index in [1.807, 2.05) is 20.8 Å². The van der Waals surface area contributed by atoms with Crippen LogP contribution in [-0.4, -0.2) is 30.1 Å². The van der Waals surface area contributed by atoms with Gasteiger partial charge >= 0.3 is 0 Å². The van der Waals surface area contributed by atoms with Crippen molar-refractivity contribution in [2.24, 2.45) is 17.6 Å². The van der Waals surface area contributed by atoms with Crippen molar-refractivity contribution < 1.29 is 14.4 Å². The molecular formula is C15H28N2O3. The quantitative estimate of drug-likeness (QED) is 0.635. The van der Waals surface area contributed by atoms with Crippen molar-refractivity contribution in [3.63, 3.8) is 0 Å². The van der Waals surface area contributed by atoms with Gasteiger partial charge in [0.1, 0.15) is 5.78 Å². The molecule has 5 heteroatoms. The molecule has 0 heterocycles. The Kier molecular flexibility index (Phi) is 9.05. The standard InChI is InChI=1S/C15H28N2O3/c1-5-6-15(20)17-13(9-16)14(19)8-12(11(4)18)7-10(2)3/h10,12-13H,5-9,16H2,1-4H3,(H,17,20)/t12-,13+/m1/s1. The molecule has 0 saturated carbocycles. The van der Waals surface area contributed by atoms with Gasteiger partial charge in [-0.3, -0.25) is 14.4 Å². The summed E-state index contributed by atoms with van der Waals surface area (Å²) < 4.78 is 0. The van der Waals surface area contributed by atoms with E-state index in [1.165, 1.54) is 6.92 Å². The third-order valence-electron chi connectivity index (χ3n) is 3.22. The van der Waals surface area contributed by atoms with Crippen LogP contribution in [0.3, 0.4) is 0 Å². The van der Waals surface area contributed by atoms with Crippen molar-refractivity contribution in [2.75, 3.05) is 6.54 Å². The molecule has 0 aromatic rings. The summed E-state index contributed by atoms with van der Waals surface area (Å²) in [6.45, 7) is 7.51. The monoisotopic (exact) mass is 284 g/mol. The highest BCUT2D eigenvalue weighted by molar-refractivity contribution is 5.92. The summed E-state index contributed by atoms with van der Waals surface area (Å²) >= 11 is 0. The molecule has 0 aliphatic carbocycles. The molecule has 0 bridgehead atoms. The summed E-state index contributed by atoms with van der Waals surface area (Å²) in [6.07, 6.45) is 1.94. The summed E-state index contributed by atoms with van der Waals surface area (Å²) in [4.78, 5) is 35.3. The zero-order valence-corrected chi connectivity index (χ0v) is 13.1. The Bertz CT molecular complexity index is 340. The van der Waals surface area contributed by atoms with Gasteiger partial charge in [-0.05, 0) is 25.7 Å². The van der Waals surface area contributed by atoms with Crippen LogP contribution in [0.1, 0.15) is 53.4 Å². The van der Waals surface area contributed by atoms with Crippen LogP contribution < -0.4 is 11.1 Å². The Balaban J connectivity index is 4.58. The molecule has 5 nitrogen and oxygen atoms in total. The second-order valence-electron chi connectivity index (χ2n) is 5.71. The first-order chi connectivity index (χ1) is 9.31. The number of ketones is 2. The lowest BCUT2D eigenvalue weighted by Crippen LogP contribution is -2.46. The van der Waals surface area contributed by atoms with Crippen molar-refractivity contribution in [2.45, 2.75) is 59.4 Å². The molecule has 0 spiro atoms. The van der Waals surface area contributed by atoms with E-state index in [0.717, 1.165) is 6.42 Å². The minimum absolute atomic E-state index is 0.0164. The van der Waals surface area contributed by atoms with Gasteiger partial charge in [0.2, 0.25) is 5.91 Å². The molecule has 0 saturated heterocycles. The largest absolute Gasteiger partial charge is 0.345 e. The fraction of sp³-hybridized carbons (Fsp3) is 0.800. The number of carbonyl (C=O) groups excluding carboxylic acids is 3. The highest BCUT2D eigenvalue weighted by Gasteiger charge is 2.25. The smallest absolute Gasteiger partial charge is 0.220 e. The number of hydrogen-bond acceptors (Lipinski definition) is 4. The second kappa shape index (κ2) is 9.64. The van der Waals surface area contributed by atoms with Crippen LogP contribution in [0.15, 0.2) is 0 Å². The summed E-state index contributed by atoms with van der Waals surface area (Å²) in [5, 5.41) is 2.64. The average Bonchev–Trinajstić information content (AvgIpc) is 2.34. The fourth-order valence-corrected chi connectivity index (χ4v) is 2.11. The summed E-state index contributed by atoms with van der Waals surface area (Å²) in [5.41, 5.74) is 5.55. The molecule has 0 rings (SSSR count). The molecule has 20 heavy (non-hydrogen) atoms. The van der Waals surface area contributed by atoms with Crippen LogP contribution in [0, 0.1) is 11.8 Å². The summed E-state index contributed by atoms with van der Waals surface area (Å²) in [6, 6.07) is -0.678. The van der Waals surface area contributed by atoms with Crippen molar-refractivity contribution in [1.82, 2.24) is 5.32 Å². The Morgan fingerprint density at radius 3 is 2.20 bits per heavy atom. The van der Waals surface area contributed by atoms with E-state index in [9.17, 15) is 14.4 Å². The maximum absolute atomic E-state index is 12.2. The first kappa shape index (κ1) is 18.8. The summed E-state index contributed by atoms with van der Waals surface area (Å²) in [7, 11) is 0. The van der Waals surface area contributed by atoms with Crippen LogP contribution in [0.2, 0.25) is 0 Å². The highest BCUT2D eigenvalue weighted by Crippen LogP contribution is 2.17. The van der Waals surface area contributed by atoms with Crippen molar-refractivity contribution >= 4 is 17.5 Å². The minimum Gasteiger partial charge on any atom is -0.345 e. The topological polar surface area (TPSA) is 89.3 Å². The lowest BCUT2D eigenvalue weighted by Gasteiger charge is -2.20. The molecule has 0 aliphatic rings. The maximum atomic E-state index is 12.2. The van der Waals surface area contributed by atoms with E-state index in [-0.39, 0.29) is 36.4 Å². The highest BCUT2D eigenvalue weighted by atomic mass is 16.2. The molecule has 0 aliphatic heterocycles. The zero-order valence-electron chi connectivity index (χ0n) is 13.1. The maximum Gasteiger partial charge on any atom is 0.220 e. The van der Waals surface area contributed by atoms with Crippen molar-refractivity contribution in [1.29, 1.82) is 0 Å². The normalized spacial score (nSPS) is 13.9. The van der Waals surface area contributed by atoms with Gasteiger partial charge in [0.05, 0.1) is 6.04 Å². The number of rotatable bonds is 10. The predicted molar refractivity (Wildman–Crippen MR) is 79.1 cm³/mol. The molecule has 0 aromatic carbocycles. The van der Waals surface area contributed by atoms with Crippen LogP contribution in [0.5, 0.6) is 0 Å². The number of nitrogens with one attached hydrogen (secondary N) is 1. The van der Waals surface area contributed by atoms with E-state index >= 15 is 0 Å².